The number of hydrogen-bond acceptors (Lipinski definition) is 6. The van der Waals surface area contributed by atoms with Gasteiger partial charge in [0.05, 0.1) is 12.7 Å². The highest BCUT2D eigenvalue weighted by Crippen LogP contribution is 2.34. The number of carbonyl (C=O) groups is 2. The minimum Gasteiger partial charge on any atom is -0.495 e. The van der Waals surface area contributed by atoms with E-state index in [1.54, 1.807) is 50.9 Å². The molecule has 4 rings (SSSR count). The van der Waals surface area contributed by atoms with Gasteiger partial charge in [0.2, 0.25) is 5.91 Å². The number of fused-ring (bicyclic) bond motifs is 1. The van der Waals surface area contributed by atoms with Crippen molar-refractivity contribution < 1.29 is 23.5 Å². The predicted octanol–water partition coefficient (Wildman–Crippen LogP) is 5.16. The van der Waals surface area contributed by atoms with Gasteiger partial charge in [-0.15, -0.1) is 0 Å². The number of amides is 2. The van der Waals surface area contributed by atoms with Gasteiger partial charge in [0.25, 0.3) is 0 Å². The molecule has 1 aliphatic heterocycles. The zero-order chi connectivity index (χ0) is 29.0. The van der Waals surface area contributed by atoms with Crippen molar-refractivity contribution >= 4 is 22.8 Å². The van der Waals surface area contributed by atoms with Crippen LogP contribution < -0.4 is 10.1 Å². The molecular formula is C31H35FN4O4. The quantitative estimate of drug-likeness (QED) is 0.440. The Hall–Kier alpha value is -4.16. The first-order valence-electron chi connectivity index (χ1n) is 13.2. The molecule has 8 nitrogen and oxygen atoms in total. The highest BCUT2D eigenvalue weighted by Gasteiger charge is 2.36. The maximum atomic E-state index is 14.1. The van der Waals surface area contributed by atoms with Gasteiger partial charge in [0.15, 0.2) is 0 Å². The molecule has 40 heavy (non-hydrogen) atoms. The lowest BCUT2D eigenvalue weighted by atomic mass is 9.98. The molecule has 0 saturated carbocycles. The number of nitrogens with one attached hydrogen (secondary N) is 1. The summed E-state index contributed by atoms with van der Waals surface area (Å²) in [5.74, 6) is -0.154. The topological polar surface area (TPSA) is 94.9 Å². The molecule has 1 saturated heterocycles. The van der Waals surface area contributed by atoms with Crippen molar-refractivity contribution in [3.63, 3.8) is 0 Å². The van der Waals surface area contributed by atoms with E-state index in [0.717, 1.165) is 16.3 Å². The number of alkyl carbamates (subject to hydrolysis) is 1. The molecule has 1 N–H and O–H groups in total. The summed E-state index contributed by atoms with van der Waals surface area (Å²) in [6.45, 7) is 6.59. The lowest BCUT2D eigenvalue weighted by Gasteiger charge is -2.31. The fourth-order valence-electron chi connectivity index (χ4n) is 5.17. The first-order chi connectivity index (χ1) is 19.0. The highest BCUT2D eigenvalue weighted by molar-refractivity contribution is 5.91. The second-order valence-electron chi connectivity index (χ2n) is 11.0. The average Bonchev–Trinajstić information content (AvgIpc) is 3.35. The molecule has 3 aromatic rings. The number of nitrogens with zero attached hydrogens (tertiary/aromatic N) is 3. The van der Waals surface area contributed by atoms with E-state index in [4.69, 9.17) is 9.47 Å². The van der Waals surface area contributed by atoms with E-state index in [1.807, 2.05) is 29.2 Å². The maximum Gasteiger partial charge on any atom is 0.407 e. The summed E-state index contributed by atoms with van der Waals surface area (Å²) < 4.78 is 24.8. The Morgan fingerprint density at radius 2 is 1.90 bits per heavy atom. The summed E-state index contributed by atoms with van der Waals surface area (Å²) in [4.78, 5) is 30.1. The highest BCUT2D eigenvalue weighted by atomic mass is 19.1. The third-order valence-electron chi connectivity index (χ3n) is 6.93. The van der Waals surface area contributed by atoms with Gasteiger partial charge in [-0.25, -0.2) is 9.18 Å². The Labute approximate surface area is 234 Å². The van der Waals surface area contributed by atoms with E-state index in [-0.39, 0.29) is 18.5 Å². The summed E-state index contributed by atoms with van der Waals surface area (Å²) in [7, 11) is 3.22. The number of likely N-dealkylation sites (tertiary alicyclic amines) is 1. The molecule has 0 spiro atoms. The number of halogens is 1. The first-order valence-corrected chi connectivity index (χ1v) is 13.2. The van der Waals surface area contributed by atoms with Crippen molar-refractivity contribution in [1.29, 1.82) is 5.26 Å². The zero-order valence-electron chi connectivity index (χ0n) is 23.5. The minimum atomic E-state index is -0.701. The monoisotopic (exact) mass is 546 g/mol. The lowest BCUT2D eigenvalue weighted by Crippen LogP contribution is -2.43. The van der Waals surface area contributed by atoms with E-state index < -0.39 is 23.6 Å². The summed E-state index contributed by atoms with van der Waals surface area (Å²) in [5.41, 5.74) is 1.16. The van der Waals surface area contributed by atoms with Crippen LogP contribution in [0.4, 0.5) is 9.18 Å². The Bertz CT molecular complexity index is 1430. The van der Waals surface area contributed by atoms with Crippen molar-refractivity contribution in [3.05, 3.63) is 77.1 Å². The van der Waals surface area contributed by atoms with E-state index in [9.17, 15) is 19.2 Å². The van der Waals surface area contributed by atoms with Crippen molar-refractivity contribution in [2.24, 2.45) is 0 Å². The summed E-state index contributed by atoms with van der Waals surface area (Å²) in [6.07, 6.45) is 0.133. The number of nitriles is 1. The van der Waals surface area contributed by atoms with Gasteiger partial charge in [-0.05, 0) is 61.7 Å². The standard InChI is InChI=1S/C31H35FN4O4/c1-31(2,3)40-30(38)34-24-14-15-36(18-24)27(20-10-12-23(32)13-11-20)29(37)35(4)19-26-25-9-7-6-8-21(25)16-22(17-33)28(26)39-5/h6-13,16,24,27H,14-15,18-19H2,1-5H3,(H,34,38)/t24?,27-/m1/s1. The fraction of sp³-hybridized carbons (Fsp3) is 0.387. The first kappa shape index (κ1) is 28.8. The van der Waals surface area contributed by atoms with E-state index >= 15 is 0 Å². The average molecular weight is 547 g/mol. The summed E-state index contributed by atoms with van der Waals surface area (Å²) in [6, 6.07) is 16.7. The van der Waals surface area contributed by atoms with Crippen LogP contribution in [-0.2, 0) is 16.1 Å². The smallest absolute Gasteiger partial charge is 0.407 e. The van der Waals surface area contributed by atoms with E-state index in [1.165, 1.54) is 19.2 Å². The number of hydrogen-bond donors (Lipinski definition) is 1. The largest absolute Gasteiger partial charge is 0.495 e. The Balaban J connectivity index is 1.62. The Kier molecular flexibility index (Phi) is 8.60. The van der Waals surface area contributed by atoms with Gasteiger partial charge >= 0.3 is 6.09 Å². The molecule has 3 aromatic carbocycles. The van der Waals surface area contributed by atoms with Crippen LogP contribution in [0.3, 0.4) is 0 Å². The second kappa shape index (κ2) is 11.9. The molecule has 0 aromatic heterocycles. The lowest BCUT2D eigenvalue weighted by molar-refractivity contribution is -0.136. The minimum absolute atomic E-state index is 0.196. The van der Waals surface area contributed by atoms with E-state index in [0.29, 0.717) is 36.4 Å². The van der Waals surface area contributed by atoms with Crippen molar-refractivity contribution in [1.82, 2.24) is 15.1 Å². The fourth-order valence-corrected chi connectivity index (χ4v) is 5.17. The van der Waals surface area contributed by atoms with Gasteiger partial charge in [-0.2, -0.15) is 5.26 Å². The molecule has 1 heterocycles. The Morgan fingerprint density at radius 1 is 1.20 bits per heavy atom. The number of rotatable bonds is 7. The number of ether oxygens (including phenoxy) is 2. The molecule has 0 bridgehead atoms. The maximum absolute atomic E-state index is 14.1. The predicted molar refractivity (Wildman–Crippen MR) is 150 cm³/mol. The van der Waals surface area contributed by atoms with Crippen LogP contribution in [0, 0.1) is 17.1 Å². The molecule has 1 aliphatic rings. The van der Waals surface area contributed by atoms with Crippen LogP contribution in [0.25, 0.3) is 10.8 Å². The molecule has 2 amide bonds. The zero-order valence-corrected chi connectivity index (χ0v) is 23.5. The normalized spacial score (nSPS) is 16.3. The van der Waals surface area contributed by atoms with Crippen molar-refractivity contribution in [3.8, 4) is 11.8 Å². The van der Waals surface area contributed by atoms with Gasteiger partial charge < -0.3 is 19.7 Å². The number of benzene rings is 3. The van der Waals surface area contributed by atoms with Crippen molar-refractivity contribution in [2.75, 3.05) is 27.2 Å². The molecule has 1 unspecified atom stereocenters. The third-order valence-corrected chi connectivity index (χ3v) is 6.93. The molecule has 0 aliphatic carbocycles. The molecule has 2 atom stereocenters. The third kappa shape index (κ3) is 6.52. The molecule has 1 fully saturated rings. The van der Waals surface area contributed by atoms with Gasteiger partial charge in [-0.1, -0.05) is 36.4 Å². The summed E-state index contributed by atoms with van der Waals surface area (Å²) in [5, 5.41) is 14.4. The van der Waals surface area contributed by atoms with Gasteiger partial charge in [-0.3, -0.25) is 9.69 Å². The SMILES string of the molecule is COc1c(C#N)cc2ccccc2c1CN(C)C(=O)[C@@H](c1ccc(F)cc1)N1CCC(NC(=O)OC(C)(C)C)C1. The number of carbonyl (C=O) groups excluding carboxylic acids is 2. The number of likely N-dealkylation sites (N-methyl/N-ethyl adjacent to an activating group) is 1. The molecule has 9 heteroatoms. The van der Waals surface area contributed by atoms with Crippen molar-refractivity contribution in [2.45, 2.75) is 51.4 Å². The van der Waals surface area contributed by atoms with Gasteiger partial charge in [0.1, 0.15) is 29.3 Å². The van der Waals surface area contributed by atoms with E-state index in [2.05, 4.69) is 11.4 Å². The van der Waals surface area contributed by atoms with Crippen LogP contribution in [0.15, 0.2) is 54.6 Å². The van der Waals surface area contributed by atoms with Crippen LogP contribution >= 0.6 is 0 Å². The Morgan fingerprint density at radius 3 is 2.55 bits per heavy atom. The number of methoxy groups -OCH3 is 1. The van der Waals surface area contributed by atoms with Crippen LogP contribution in [0.2, 0.25) is 0 Å². The molecular weight excluding hydrogens is 511 g/mol. The molecule has 210 valence electrons. The molecule has 0 radical (unpaired) electrons. The second-order valence-corrected chi connectivity index (χ2v) is 11.0. The van der Waals surface area contributed by atoms with Gasteiger partial charge in [0, 0.05) is 38.3 Å². The van der Waals surface area contributed by atoms with Crippen LogP contribution in [-0.4, -0.2) is 60.7 Å². The van der Waals surface area contributed by atoms with Crippen LogP contribution in [0.1, 0.15) is 49.9 Å². The van der Waals surface area contributed by atoms with Crippen LogP contribution in [0.5, 0.6) is 5.75 Å². The summed E-state index contributed by atoms with van der Waals surface area (Å²) >= 11 is 0.